The largest absolute Gasteiger partial charge is 0.392 e. The van der Waals surface area contributed by atoms with Gasteiger partial charge < -0.3 is 10.2 Å². The van der Waals surface area contributed by atoms with Gasteiger partial charge in [-0.15, -0.1) is 0 Å². The third-order valence-corrected chi connectivity index (χ3v) is 7.55. The fourth-order valence-electron chi connectivity index (χ4n) is 6.23. The van der Waals surface area contributed by atoms with Crippen LogP contribution >= 0.6 is 0 Å². The van der Waals surface area contributed by atoms with Gasteiger partial charge >= 0.3 is 0 Å². The molecule has 0 bridgehead atoms. The summed E-state index contributed by atoms with van der Waals surface area (Å²) in [6.45, 7) is 3.84. The molecule has 3 nitrogen and oxygen atoms in total. The SMILES string of the molecule is C[C@]12[C@H](F)[C@@H](O)[C@H]3[C@@H](CCC4=CC(=O)C=C[C@@]43C)[C@@H]1CC[C@@H]2O. The molecule has 0 unspecified atom stereocenters. The van der Waals surface area contributed by atoms with Crippen LogP contribution in [0.15, 0.2) is 23.8 Å². The van der Waals surface area contributed by atoms with Crippen LogP contribution in [-0.2, 0) is 4.79 Å². The van der Waals surface area contributed by atoms with Crippen molar-refractivity contribution in [1.82, 2.24) is 0 Å². The molecule has 0 aromatic carbocycles. The number of carbonyl (C=O) groups excluding carboxylic acids is 1. The monoisotopic (exact) mass is 320 g/mol. The van der Waals surface area contributed by atoms with Gasteiger partial charge in [0.15, 0.2) is 5.78 Å². The lowest BCUT2D eigenvalue weighted by Crippen LogP contribution is -2.62. The molecule has 8 atom stereocenters. The van der Waals surface area contributed by atoms with Gasteiger partial charge in [-0.05, 0) is 49.7 Å². The fourth-order valence-corrected chi connectivity index (χ4v) is 6.23. The van der Waals surface area contributed by atoms with Gasteiger partial charge in [-0.2, -0.15) is 0 Å². The minimum atomic E-state index is -1.42. The Hall–Kier alpha value is -1.00. The van der Waals surface area contributed by atoms with Gasteiger partial charge in [-0.3, -0.25) is 4.79 Å². The maximum Gasteiger partial charge on any atom is 0.178 e. The summed E-state index contributed by atoms with van der Waals surface area (Å²) in [7, 11) is 0. The first-order chi connectivity index (χ1) is 10.8. The van der Waals surface area contributed by atoms with Crippen LogP contribution in [0.5, 0.6) is 0 Å². The number of aliphatic hydroxyl groups is 2. The van der Waals surface area contributed by atoms with E-state index in [-0.39, 0.29) is 23.5 Å². The Labute approximate surface area is 136 Å². The molecule has 4 aliphatic carbocycles. The van der Waals surface area contributed by atoms with E-state index >= 15 is 4.39 Å². The molecule has 4 rings (SSSR count). The highest BCUT2D eigenvalue weighted by atomic mass is 19.1. The number of fused-ring (bicyclic) bond motifs is 5. The highest BCUT2D eigenvalue weighted by molar-refractivity contribution is 6.01. The average molecular weight is 320 g/mol. The molecule has 0 aromatic heterocycles. The van der Waals surface area contributed by atoms with Crippen molar-refractivity contribution in [2.24, 2.45) is 28.6 Å². The Kier molecular flexibility index (Phi) is 3.21. The predicted octanol–water partition coefficient (Wildman–Crippen LogP) is 2.57. The molecule has 0 radical (unpaired) electrons. The van der Waals surface area contributed by atoms with Gasteiger partial charge in [0.2, 0.25) is 0 Å². The molecule has 23 heavy (non-hydrogen) atoms. The lowest BCUT2D eigenvalue weighted by molar-refractivity contribution is -0.179. The lowest BCUT2D eigenvalue weighted by atomic mass is 9.47. The first kappa shape index (κ1) is 15.5. The fraction of sp³-hybridized carbons (Fsp3) is 0.737. The van der Waals surface area contributed by atoms with Crippen molar-refractivity contribution in [3.05, 3.63) is 23.8 Å². The number of halogens is 1. The number of aliphatic hydroxyl groups excluding tert-OH is 2. The number of carbonyl (C=O) groups is 1. The third-order valence-electron chi connectivity index (χ3n) is 7.55. The third kappa shape index (κ3) is 1.79. The first-order valence-corrected chi connectivity index (χ1v) is 8.74. The summed E-state index contributed by atoms with van der Waals surface area (Å²) in [5.41, 5.74) is -0.262. The number of hydrogen-bond donors (Lipinski definition) is 2. The number of allylic oxidation sites excluding steroid dienone is 4. The Balaban J connectivity index is 1.80. The maximum atomic E-state index is 15.2. The molecule has 0 aliphatic heterocycles. The van der Waals surface area contributed by atoms with Gasteiger partial charge in [0, 0.05) is 16.7 Å². The molecule has 0 spiro atoms. The van der Waals surface area contributed by atoms with Crippen molar-refractivity contribution in [2.45, 2.75) is 57.9 Å². The number of hydrogen-bond acceptors (Lipinski definition) is 3. The van der Waals surface area contributed by atoms with Crippen LogP contribution in [0.4, 0.5) is 4.39 Å². The zero-order valence-corrected chi connectivity index (χ0v) is 13.7. The molecular weight excluding hydrogens is 295 g/mol. The molecule has 0 aromatic rings. The summed E-state index contributed by atoms with van der Waals surface area (Å²) in [6.07, 6.45) is 5.04. The molecule has 0 saturated heterocycles. The minimum Gasteiger partial charge on any atom is -0.392 e. The quantitative estimate of drug-likeness (QED) is 0.721. The molecule has 3 saturated carbocycles. The van der Waals surface area contributed by atoms with Crippen LogP contribution in [0.25, 0.3) is 0 Å². The molecular formula is C19H25FO3. The second-order valence-corrected chi connectivity index (χ2v) is 8.37. The van der Waals surface area contributed by atoms with E-state index in [4.69, 9.17) is 0 Å². The summed E-state index contributed by atoms with van der Waals surface area (Å²) in [4.78, 5) is 11.7. The van der Waals surface area contributed by atoms with E-state index in [1.165, 1.54) is 0 Å². The number of rotatable bonds is 0. The van der Waals surface area contributed by atoms with Crippen LogP contribution in [0.3, 0.4) is 0 Å². The second-order valence-electron chi connectivity index (χ2n) is 8.37. The van der Waals surface area contributed by atoms with E-state index in [0.717, 1.165) is 24.8 Å². The zero-order valence-electron chi connectivity index (χ0n) is 13.7. The van der Waals surface area contributed by atoms with Gasteiger partial charge in [-0.25, -0.2) is 4.39 Å². The Morgan fingerprint density at radius 2 is 1.96 bits per heavy atom. The summed E-state index contributed by atoms with van der Waals surface area (Å²) < 4.78 is 15.2. The van der Waals surface area contributed by atoms with Crippen molar-refractivity contribution < 1.29 is 19.4 Å². The summed E-state index contributed by atoms with van der Waals surface area (Å²) in [5.74, 6) is 0.0637. The van der Waals surface area contributed by atoms with Crippen molar-refractivity contribution in [1.29, 1.82) is 0 Å². The van der Waals surface area contributed by atoms with E-state index < -0.39 is 29.2 Å². The van der Waals surface area contributed by atoms with Crippen LogP contribution in [0, 0.1) is 28.6 Å². The summed E-state index contributed by atoms with van der Waals surface area (Å²) >= 11 is 0. The van der Waals surface area contributed by atoms with Crippen molar-refractivity contribution in [3.8, 4) is 0 Å². The molecule has 4 heteroatoms. The number of alkyl halides is 1. The van der Waals surface area contributed by atoms with Gasteiger partial charge in [0.25, 0.3) is 0 Å². The van der Waals surface area contributed by atoms with Crippen molar-refractivity contribution in [2.75, 3.05) is 0 Å². The standard InChI is InChI=1S/C19H25FO3/c1-18-8-7-11(21)9-10(18)3-4-12-13-5-6-14(22)19(13,2)17(20)16(23)15(12)18/h7-9,12-17,22-23H,3-6H2,1-2H3/t12-,13-,14-,15+,16-,17+,18-,19-/m0/s1. The van der Waals surface area contributed by atoms with Crippen LogP contribution in [-0.4, -0.2) is 34.4 Å². The lowest BCUT2D eigenvalue weighted by Gasteiger charge is -2.59. The molecule has 0 amide bonds. The van der Waals surface area contributed by atoms with E-state index in [1.54, 1.807) is 12.2 Å². The molecule has 2 N–H and O–H groups in total. The van der Waals surface area contributed by atoms with Crippen molar-refractivity contribution >= 4 is 5.78 Å². The van der Waals surface area contributed by atoms with E-state index in [1.807, 2.05) is 19.9 Å². The highest BCUT2D eigenvalue weighted by Crippen LogP contribution is 2.65. The van der Waals surface area contributed by atoms with Crippen LogP contribution < -0.4 is 0 Å². The Morgan fingerprint density at radius 3 is 2.70 bits per heavy atom. The minimum absolute atomic E-state index is 0.0147. The summed E-state index contributed by atoms with van der Waals surface area (Å²) in [6, 6.07) is 0. The Morgan fingerprint density at radius 1 is 1.22 bits per heavy atom. The van der Waals surface area contributed by atoms with E-state index in [9.17, 15) is 15.0 Å². The van der Waals surface area contributed by atoms with E-state index in [0.29, 0.717) is 6.42 Å². The normalized spacial score (nSPS) is 55.0. The molecule has 0 heterocycles. The highest BCUT2D eigenvalue weighted by Gasteiger charge is 2.66. The molecule has 3 fully saturated rings. The van der Waals surface area contributed by atoms with Gasteiger partial charge in [-0.1, -0.05) is 25.5 Å². The van der Waals surface area contributed by atoms with Crippen molar-refractivity contribution in [3.63, 3.8) is 0 Å². The van der Waals surface area contributed by atoms with E-state index in [2.05, 4.69) is 0 Å². The number of ketones is 1. The smallest absolute Gasteiger partial charge is 0.178 e. The molecule has 4 aliphatic rings. The summed E-state index contributed by atoms with van der Waals surface area (Å²) in [5, 5.41) is 21.2. The first-order valence-electron chi connectivity index (χ1n) is 8.74. The topological polar surface area (TPSA) is 57.5 Å². The average Bonchev–Trinajstić information content (AvgIpc) is 2.82. The maximum absolute atomic E-state index is 15.2. The second kappa shape index (κ2) is 4.76. The zero-order chi connectivity index (χ0) is 16.6. The van der Waals surface area contributed by atoms with Gasteiger partial charge in [0.1, 0.15) is 6.17 Å². The van der Waals surface area contributed by atoms with Crippen LogP contribution in [0.2, 0.25) is 0 Å². The predicted molar refractivity (Wildman–Crippen MR) is 84.3 cm³/mol. The van der Waals surface area contributed by atoms with Gasteiger partial charge in [0.05, 0.1) is 12.2 Å². The Bertz CT molecular complexity index is 612. The van der Waals surface area contributed by atoms with Crippen LogP contribution in [0.1, 0.15) is 39.5 Å². The molecule has 126 valence electrons.